The Kier molecular flexibility index (Phi) is 5.49. The van der Waals surface area contributed by atoms with Crippen LogP contribution in [0.2, 0.25) is 0 Å². The largest absolute Gasteiger partial charge is 0.329 e. The number of para-hydroxylation sites is 1. The van der Waals surface area contributed by atoms with Gasteiger partial charge >= 0.3 is 0 Å². The van der Waals surface area contributed by atoms with E-state index in [1.54, 1.807) is 0 Å². The van der Waals surface area contributed by atoms with E-state index in [0.717, 1.165) is 32.1 Å². The van der Waals surface area contributed by atoms with Crippen LogP contribution in [-0.4, -0.2) is 25.9 Å². The highest BCUT2D eigenvalue weighted by Crippen LogP contribution is 2.28. The van der Waals surface area contributed by atoms with Gasteiger partial charge in [0.2, 0.25) is 10.0 Å². The highest BCUT2D eigenvalue weighted by atomic mass is 32.2. The lowest BCUT2D eigenvalue weighted by Crippen LogP contribution is -2.45. The summed E-state index contributed by atoms with van der Waals surface area (Å²) in [5, 5.41) is 11.0. The molecule has 1 unspecified atom stereocenters. The quantitative estimate of drug-likeness (QED) is 0.610. The number of benzene rings is 1. The average molecular weight is 327 g/mol. The summed E-state index contributed by atoms with van der Waals surface area (Å²) < 4.78 is 27.6. The predicted octanol–water partition coefficient (Wildman–Crippen LogP) is 1.78. The summed E-state index contributed by atoms with van der Waals surface area (Å²) in [6, 6.07) is 4.96. The number of nitrogens with zero attached hydrogens (tertiary/aromatic N) is 1. The summed E-state index contributed by atoms with van der Waals surface area (Å²) in [5.41, 5.74) is 5.30. The van der Waals surface area contributed by atoms with Crippen LogP contribution >= 0.6 is 0 Å². The van der Waals surface area contributed by atoms with Crippen molar-refractivity contribution in [2.75, 3.05) is 6.54 Å². The van der Waals surface area contributed by atoms with Gasteiger partial charge < -0.3 is 5.73 Å². The third-order valence-electron chi connectivity index (χ3n) is 4.13. The molecule has 0 heterocycles. The van der Waals surface area contributed by atoms with E-state index in [4.69, 9.17) is 5.73 Å². The Morgan fingerprint density at radius 1 is 1.27 bits per heavy atom. The van der Waals surface area contributed by atoms with Crippen LogP contribution < -0.4 is 10.5 Å². The second-order valence-electron chi connectivity index (χ2n) is 5.59. The molecule has 2 rings (SSSR count). The molecule has 1 atom stereocenters. The van der Waals surface area contributed by atoms with E-state index < -0.39 is 20.6 Å². The first-order valence-electron chi connectivity index (χ1n) is 7.41. The van der Waals surface area contributed by atoms with Crippen LogP contribution in [0.4, 0.5) is 5.69 Å². The zero-order chi connectivity index (χ0) is 16.2. The van der Waals surface area contributed by atoms with Gasteiger partial charge in [-0.1, -0.05) is 31.4 Å². The van der Waals surface area contributed by atoms with Crippen LogP contribution in [0.25, 0.3) is 0 Å². The van der Waals surface area contributed by atoms with Crippen LogP contribution in [0.15, 0.2) is 29.2 Å². The monoisotopic (exact) mass is 327 g/mol. The summed E-state index contributed by atoms with van der Waals surface area (Å²) in [5.74, 6) is 0.191. The van der Waals surface area contributed by atoms with E-state index in [-0.39, 0.29) is 23.4 Å². The highest BCUT2D eigenvalue weighted by Gasteiger charge is 2.31. The molecule has 0 radical (unpaired) electrons. The first-order valence-corrected chi connectivity index (χ1v) is 8.90. The molecule has 0 bridgehead atoms. The third kappa shape index (κ3) is 3.82. The molecule has 0 aromatic heterocycles. The molecule has 1 aliphatic rings. The van der Waals surface area contributed by atoms with Crippen molar-refractivity contribution < 1.29 is 13.3 Å². The SMILES string of the molecule is NCC(NS(=O)(=O)c1ccccc1[N+](=O)[O-])C1CCCCC1. The number of nitro benzene ring substituents is 1. The lowest BCUT2D eigenvalue weighted by molar-refractivity contribution is -0.387. The Labute approximate surface area is 130 Å². The van der Waals surface area contributed by atoms with Crippen LogP contribution in [0.3, 0.4) is 0 Å². The fraction of sp³-hybridized carbons (Fsp3) is 0.571. The molecule has 3 N–H and O–H groups in total. The lowest BCUT2D eigenvalue weighted by Gasteiger charge is -2.29. The van der Waals surface area contributed by atoms with Gasteiger partial charge in [0.05, 0.1) is 4.92 Å². The molecule has 0 spiro atoms. The van der Waals surface area contributed by atoms with Crippen molar-refractivity contribution in [3.8, 4) is 0 Å². The molecule has 0 amide bonds. The van der Waals surface area contributed by atoms with Gasteiger partial charge in [-0.15, -0.1) is 0 Å². The summed E-state index contributed by atoms with van der Waals surface area (Å²) in [6.45, 7) is 0.185. The predicted molar refractivity (Wildman–Crippen MR) is 82.8 cm³/mol. The Morgan fingerprint density at radius 2 is 1.91 bits per heavy atom. The van der Waals surface area contributed by atoms with Gasteiger partial charge in [0.15, 0.2) is 4.90 Å². The Hall–Kier alpha value is -1.51. The second kappa shape index (κ2) is 7.17. The van der Waals surface area contributed by atoms with Gasteiger partial charge in [-0.25, -0.2) is 13.1 Å². The fourth-order valence-electron chi connectivity index (χ4n) is 2.97. The van der Waals surface area contributed by atoms with Crippen LogP contribution in [-0.2, 0) is 10.0 Å². The van der Waals surface area contributed by atoms with Gasteiger partial charge in [0, 0.05) is 18.7 Å². The zero-order valence-corrected chi connectivity index (χ0v) is 13.1. The molecule has 1 saturated carbocycles. The summed E-state index contributed by atoms with van der Waals surface area (Å²) in [6.07, 6.45) is 5.15. The minimum atomic E-state index is -3.97. The minimum Gasteiger partial charge on any atom is -0.329 e. The lowest BCUT2D eigenvalue weighted by atomic mass is 9.84. The normalized spacial score (nSPS) is 18.0. The van der Waals surface area contributed by atoms with Crippen molar-refractivity contribution in [1.29, 1.82) is 0 Å². The van der Waals surface area contributed by atoms with Crippen molar-refractivity contribution >= 4 is 15.7 Å². The third-order valence-corrected chi connectivity index (χ3v) is 5.67. The topological polar surface area (TPSA) is 115 Å². The maximum absolute atomic E-state index is 12.5. The van der Waals surface area contributed by atoms with Gasteiger partial charge in [-0.3, -0.25) is 10.1 Å². The van der Waals surface area contributed by atoms with Gasteiger partial charge in [-0.2, -0.15) is 0 Å². The first kappa shape index (κ1) is 16.9. The van der Waals surface area contributed by atoms with E-state index in [9.17, 15) is 18.5 Å². The number of nitrogens with two attached hydrogens (primary N) is 1. The molecule has 0 saturated heterocycles. The molecular formula is C14H21N3O4S. The Bertz CT molecular complexity index is 627. The van der Waals surface area contributed by atoms with Gasteiger partial charge in [-0.05, 0) is 24.8 Å². The van der Waals surface area contributed by atoms with Crippen molar-refractivity contribution in [2.24, 2.45) is 11.7 Å². The van der Waals surface area contributed by atoms with Gasteiger partial charge in [0.1, 0.15) is 0 Å². The maximum Gasteiger partial charge on any atom is 0.289 e. The molecular weight excluding hydrogens is 306 g/mol. The molecule has 122 valence electrons. The number of rotatable bonds is 6. The van der Waals surface area contributed by atoms with Crippen LogP contribution in [0.5, 0.6) is 0 Å². The highest BCUT2D eigenvalue weighted by molar-refractivity contribution is 7.89. The van der Waals surface area contributed by atoms with E-state index in [2.05, 4.69) is 4.72 Å². The Balaban J connectivity index is 2.24. The van der Waals surface area contributed by atoms with E-state index in [1.807, 2.05) is 0 Å². The van der Waals surface area contributed by atoms with Crippen molar-refractivity contribution in [3.63, 3.8) is 0 Å². The number of nitrogens with one attached hydrogen (secondary N) is 1. The molecule has 1 fully saturated rings. The van der Waals surface area contributed by atoms with Crippen LogP contribution in [0.1, 0.15) is 32.1 Å². The molecule has 0 aliphatic heterocycles. The average Bonchev–Trinajstić information content (AvgIpc) is 2.53. The van der Waals surface area contributed by atoms with Crippen molar-refractivity contribution in [2.45, 2.75) is 43.0 Å². The van der Waals surface area contributed by atoms with E-state index in [1.165, 1.54) is 24.3 Å². The second-order valence-corrected chi connectivity index (χ2v) is 7.27. The van der Waals surface area contributed by atoms with E-state index >= 15 is 0 Å². The Morgan fingerprint density at radius 3 is 2.50 bits per heavy atom. The summed E-state index contributed by atoms with van der Waals surface area (Å²) >= 11 is 0. The summed E-state index contributed by atoms with van der Waals surface area (Å²) in [4.78, 5) is 10.0. The molecule has 7 nitrogen and oxygen atoms in total. The standard InChI is InChI=1S/C14H21N3O4S/c15-10-12(11-6-2-1-3-7-11)16-22(20,21)14-9-5-4-8-13(14)17(18)19/h4-5,8-9,11-12,16H,1-3,6-7,10,15H2. The van der Waals surface area contributed by atoms with Crippen LogP contribution in [0, 0.1) is 16.0 Å². The number of sulfonamides is 1. The molecule has 1 aliphatic carbocycles. The smallest absolute Gasteiger partial charge is 0.289 e. The number of hydrogen-bond donors (Lipinski definition) is 2. The van der Waals surface area contributed by atoms with E-state index in [0.29, 0.717) is 0 Å². The zero-order valence-electron chi connectivity index (χ0n) is 12.3. The molecule has 1 aromatic carbocycles. The molecule has 8 heteroatoms. The number of nitro groups is 1. The number of hydrogen-bond acceptors (Lipinski definition) is 5. The first-order chi connectivity index (χ1) is 10.5. The molecule has 22 heavy (non-hydrogen) atoms. The minimum absolute atomic E-state index is 0.185. The van der Waals surface area contributed by atoms with Gasteiger partial charge in [0.25, 0.3) is 5.69 Å². The van der Waals surface area contributed by atoms with Crippen molar-refractivity contribution in [1.82, 2.24) is 4.72 Å². The maximum atomic E-state index is 12.5. The fourth-order valence-corrected chi connectivity index (χ4v) is 4.46. The summed E-state index contributed by atoms with van der Waals surface area (Å²) in [7, 11) is -3.97. The molecule has 1 aromatic rings. The van der Waals surface area contributed by atoms with Crippen molar-refractivity contribution in [3.05, 3.63) is 34.4 Å².